The average Bonchev–Trinajstić information content (AvgIpc) is 2.74. The highest BCUT2D eigenvalue weighted by molar-refractivity contribution is 7.85. The summed E-state index contributed by atoms with van der Waals surface area (Å²) >= 11 is 0. The zero-order chi connectivity index (χ0) is 11.3. The number of oxazole rings is 1. The van der Waals surface area contributed by atoms with Crippen molar-refractivity contribution >= 4 is 26.7 Å². The third-order valence-electron chi connectivity index (χ3n) is 2.47. The highest BCUT2D eigenvalue weighted by atomic mass is 32.2. The van der Waals surface area contributed by atoms with E-state index in [1.807, 2.05) is 0 Å². The Balaban J connectivity index is 2.45. The molecule has 0 saturated carbocycles. The van der Waals surface area contributed by atoms with Gasteiger partial charge in [-0.2, -0.15) is 8.42 Å². The molecule has 0 bridgehead atoms. The minimum absolute atomic E-state index is 0.124. The molecule has 6 heteroatoms. The SMILES string of the molecule is O=S(=O)(O)c1ccc2cc3occn3c2c1. The Morgan fingerprint density at radius 1 is 1.25 bits per heavy atom. The summed E-state index contributed by atoms with van der Waals surface area (Å²) in [6.45, 7) is 0. The number of fused-ring (bicyclic) bond motifs is 3. The van der Waals surface area contributed by atoms with Crippen LogP contribution in [0.2, 0.25) is 0 Å². The molecule has 0 spiro atoms. The molecule has 5 nitrogen and oxygen atoms in total. The van der Waals surface area contributed by atoms with E-state index in [2.05, 4.69) is 0 Å². The van der Waals surface area contributed by atoms with Crippen molar-refractivity contribution in [1.82, 2.24) is 4.40 Å². The molecule has 16 heavy (non-hydrogen) atoms. The van der Waals surface area contributed by atoms with E-state index in [-0.39, 0.29) is 4.90 Å². The summed E-state index contributed by atoms with van der Waals surface area (Å²) < 4.78 is 37.8. The first kappa shape index (κ1) is 9.44. The molecule has 0 radical (unpaired) electrons. The molecule has 0 saturated heterocycles. The number of hydrogen-bond acceptors (Lipinski definition) is 3. The molecule has 0 aliphatic rings. The molecule has 3 rings (SSSR count). The molecule has 2 aromatic heterocycles. The molecule has 3 aromatic rings. The monoisotopic (exact) mass is 237 g/mol. The average molecular weight is 237 g/mol. The van der Waals surface area contributed by atoms with Gasteiger partial charge < -0.3 is 4.42 Å². The Kier molecular flexibility index (Phi) is 1.69. The van der Waals surface area contributed by atoms with Crippen molar-refractivity contribution in [2.45, 2.75) is 4.90 Å². The van der Waals surface area contributed by atoms with Gasteiger partial charge in [-0.15, -0.1) is 0 Å². The third-order valence-corrected chi connectivity index (χ3v) is 3.32. The second kappa shape index (κ2) is 2.87. The molecular weight excluding hydrogens is 230 g/mol. The fourth-order valence-corrected chi connectivity index (χ4v) is 2.24. The van der Waals surface area contributed by atoms with Crippen molar-refractivity contribution in [2.24, 2.45) is 0 Å². The zero-order valence-electron chi connectivity index (χ0n) is 7.99. The predicted molar refractivity (Wildman–Crippen MR) is 57.0 cm³/mol. The summed E-state index contributed by atoms with van der Waals surface area (Å²) in [4.78, 5) is -0.124. The quantitative estimate of drug-likeness (QED) is 0.656. The minimum atomic E-state index is -4.17. The van der Waals surface area contributed by atoms with Gasteiger partial charge in [0.15, 0.2) is 0 Å². The molecule has 0 fully saturated rings. The fourth-order valence-electron chi connectivity index (χ4n) is 1.74. The van der Waals surface area contributed by atoms with Gasteiger partial charge in [0.25, 0.3) is 10.1 Å². The van der Waals surface area contributed by atoms with E-state index >= 15 is 0 Å². The molecule has 0 amide bonds. The van der Waals surface area contributed by atoms with Crippen molar-refractivity contribution in [3.05, 3.63) is 36.7 Å². The van der Waals surface area contributed by atoms with Crippen molar-refractivity contribution in [3.8, 4) is 0 Å². The normalized spacial score (nSPS) is 12.6. The van der Waals surface area contributed by atoms with Gasteiger partial charge >= 0.3 is 0 Å². The largest absolute Gasteiger partial charge is 0.447 e. The highest BCUT2D eigenvalue weighted by Gasteiger charge is 2.12. The van der Waals surface area contributed by atoms with Gasteiger partial charge in [0.05, 0.1) is 10.4 Å². The third kappa shape index (κ3) is 1.24. The van der Waals surface area contributed by atoms with E-state index in [9.17, 15) is 8.42 Å². The Labute approximate surface area is 90.7 Å². The first-order valence-electron chi connectivity index (χ1n) is 4.51. The van der Waals surface area contributed by atoms with Gasteiger partial charge in [-0.1, -0.05) is 6.07 Å². The lowest BCUT2D eigenvalue weighted by atomic mass is 10.2. The van der Waals surface area contributed by atoms with Crippen LogP contribution in [0, 0.1) is 0 Å². The van der Waals surface area contributed by atoms with E-state index in [0.29, 0.717) is 11.2 Å². The maximum Gasteiger partial charge on any atom is 0.294 e. The predicted octanol–water partition coefficient (Wildman–Crippen LogP) is 1.93. The van der Waals surface area contributed by atoms with Crippen LogP contribution in [0.4, 0.5) is 0 Å². The lowest BCUT2D eigenvalue weighted by Crippen LogP contribution is -1.97. The summed E-state index contributed by atoms with van der Waals surface area (Å²) in [6, 6.07) is 6.19. The van der Waals surface area contributed by atoms with Crippen LogP contribution in [0.3, 0.4) is 0 Å². The van der Waals surface area contributed by atoms with E-state index < -0.39 is 10.1 Å². The Bertz CT molecular complexity index is 781. The van der Waals surface area contributed by atoms with Crippen LogP contribution in [0.1, 0.15) is 0 Å². The summed E-state index contributed by atoms with van der Waals surface area (Å²) in [5.41, 5.74) is 1.31. The van der Waals surface area contributed by atoms with Gasteiger partial charge in [0.1, 0.15) is 6.26 Å². The topological polar surface area (TPSA) is 71.9 Å². The number of rotatable bonds is 1. The maximum atomic E-state index is 11.0. The molecule has 1 aromatic carbocycles. The van der Waals surface area contributed by atoms with E-state index in [0.717, 1.165) is 5.39 Å². The first-order valence-corrected chi connectivity index (χ1v) is 5.95. The second-order valence-electron chi connectivity index (χ2n) is 3.45. The molecular formula is C10H7NO4S. The summed E-state index contributed by atoms with van der Waals surface area (Å²) in [5.74, 6) is 0. The molecule has 0 atom stereocenters. The van der Waals surface area contributed by atoms with Gasteiger partial charge in [-0.3, -0.25) is 8.95 Å². The number of aromatic nitrogens is 1. The molecule has 0 aliphatic heterocycles. The van der Waals surface area contributed by atoms with Crippen molar-refractivity contribution < 1.29 is 17.4 Å². The van der Waals surface area contributed by atoms with E-state index in [1.165, 1.54) is 18.4 Å². The lowest BCUT2D eigenvalue weighted by Gasteiger charge is -1.97. The zero-order valence-corrected chi connectivity index (χ0v) is 8.81. The highest BCUT2D eigenvalue weighted by Crippen LogP contribution is 2.23. The molecule has 0 aliphatic carbocycles. The maximum absolute atomic E-state index is 11.0. The van der Waals surface area contributed by atoms with Crippen LogP contribution in [0.25, 0.3) is 16.6 Å². The van der Waals surface area contributed by atoms with Crippen LogP contribution in [0.5, 0.6) is 0 Å². The van der Waals surface area contributed by atoms with Crippen LogP contribution in [-0.2, 0) is 10.1 Å². The number of nitrogens with zero attached hydrogens (tertiary/aromatic N) is 1. The van der Waals surface area contributed by atoms with Crippen molar-refractivity contribution in [1.29, 1.82) is 0 Å². The molecule has 82 valence electrons. The fraction of sp³-hybridized carbons (Fsp3) is 0. The Morgan fingerprint density at radius 3 is 2.81 bits per heavy atom. The minimum Gasteiger partial charge on any atom is -0.447 e. The molecule has 2 heterocycles. The lowest BCUT2D eigenvalue weighted by molar-refractivity contribution is 0.483. The van der Waals surface area contributed by atoms with Gasteiger partial charge in [-0.05, 0) is 12.1 Å². The summed E-state index contributed by atoms with van der Waals surface area (Å²) in [7, 11) is -4.17. The molecule has 1 N–H and O–H groups in total. The van der Waals surface area contributed by atoms with Gasteiger partial charge in [0, 0.05) is 17.6 Å². The van der Waals surface area contributed by atoms with Crippen LogP contribution in [-0.4, -0.2) is 17.4 Å². The smallest absolute Gasteiger partial charge is 0.294 e. The van der Waals surface area contributed by atoms with Gasteiger partial charge in [0.2, 0.25) is 5.71 Å². The van der Waals surface area contributed by atoms with E-state index in [1.54, 1.807) is 22.7 Å². The van der Waals surface area contributed by atoms with Crippen molar-refractivity contribution in [3.63, 3.8) is 0 Å². The Hall–Kier alpha value is -1.79. The summed E-state index contributed by atoms with van der Waals surface area (Å²) in [6.07, 6.45) is 3.19. The van der Waals surface area contributed by atoms with Gasteiger partial charge in [-0.25, -0.2) is 0 Å². The first-order chi connectivity index (χ1) is 7.55. The van der Waals surface area contributed by atoms with Crippen molar-refractivity contribution in [2.75, 3.05) is 0 Å². The van der Waals surface area contributed by atoms with Crippen LogP contribution in [0.15, 0.2) is 46.0 Å². The van der Waals surface area contributed by atoms with Crippen LogP contribution >= 0.6 is 0 Å². The second-order valence-corrected chi connectivity index (χ2v) is 4.87. The number of hydrogen-bond donors (Lipinski definition) is 1. The standard InChI is InChI=1S/C10H7NO4S/c12-16(13,14)8-2-1-7-5-10-11(3-4-15-10)9(7)6-8/h1-6H,(H,12,13,14). The number of benzene rings is 1. The van der Waals surface area contributed by atoms with Crippen LogP contribution < -0.4 is 0 Å². The Morgan fingerprint density at radius 2 is 2.06 bits per heavy atom. The van der Waals surface area contributed by atoms with E-state index in [4.69, 9.17) is 8.97 Å². The summed E-state index contributed by atoms with van der Waals surface area (Å²) in [5, 5.41) is 0.853. The molecule has 0 unspecified atom stereocenters.